The van der Waals surface area contributed by atoms with Crippen LogP contribution in [0, 0.1) is 5.92 Å². The summed E-state index contributed by atoms with van der Waals surface area (Å²) in [6.45, 7) is 18.1. The molecule has 0 heterocycles. The molecule has 0 bridgehead atoms. The van der Waals surface area contributed by atoms with Gasteiger partial charge >= 0.3 is 0 Å². The van der Waals surface area contributed by atoms with Gasteiger partial charge in [-0.15, -0.1) is 0 Å². The summed E-state index contributed by atoms with van der Waals surface area (Å²) in [6.07, 6.45) is 11.8. The van der Waals surface area contributed by atoms with E-state index in [9.17, 15) is 0 Å². The zero-order valence-corrected chi connectivity index (χ0v) is 18.5. The Hall–Kier alpha value is -0.123. The Bertz CT molecular complexity index is 374. The molecule has 1 rings (SSSR count). The number of allylic oxidation sites excluding steroid dienone is 1. The highest BCUT2D eigenvalue weighted by atomic mass is 28.4. The minimum atomic E-state index is -1.58. The number of hydrogen-bond donors (Lipinski definition) is 1. The summed E-state index contributed by atoms with van der Waals surface area (Å²) in [5, 5.41) is 4.17. The van der Waals surface area contributed by atoms with E-state index in [4.69, 9.17) is 4.43 Å². The third-order valence-electron chi connectivity index (χ3n) is 6.00. The van der Waals surface area contributed by atoms with E-state index in [0.717, 1.165) is 25.5 Å². The first-order valence-electron chi connectivity index (χ1n) is 10.1. The molecule has 3 heteroatoms. The Morgan fingerprint density at radius 2 is 1.79 bits per heavy atom. The predicted molar refractivity (Wildman–Crippen MR) is 110 cm³/mol. The van der Waals surface area contributed by atoms with Gasteiger partial charge in [-0.25, -0.2) is 0 Å². The lowest BCUT2D eigenvalue weighted by Gasteiger charge is -2.36. The monoisotopic (exact) mass is 353 g/mol. The molecule has 0 aromatic carbocycles. The van der Waals surface area contributed by atoms with E-state index >= 15 is 0 Å². The fraction of sp³-hybridized carbons (Fsp3) is 0.905. The maximum atomic E-state index is 6.31. The van der Waals surface area contributed by atoms with Gasteiger partial charge < -0.3 is 9.74 Å². The molecule has 0 aromatic heterocycles. The fourth-order valence-corrected chi connectivity index (χ4v) is 4.33. The van der Waals surface area contributed by atoms with Crippen LogP contribution >= 0.6 is 0 Å². The van der Waals surface area contributed by atoms with Crippen molar-refractivity contribution in [3.63, 3.8) is 0 Å². The smallest absolute Gasteiger partial charge is 0.191 e. The molecule has 0 aliphatic heterocycles. The van der Waals surface area contributed by atoms with Gasteiger partial charge in [-0.2, -0.15) is 0 Å². The standard InChI is InChI=1S/C21H43NOSi/c1-18(2)14-15-20(19-12-9-8-10-13-19)22-16-11-17-23-24(6,7)21(3,4)5/h14,19-20,22H,8-13,15-17H2,1-7H3. The second kappa shape index (κ2) is 10.1. The van der Waals surface area contributed by atoms with Gasteiger partial charge in [0.1, 0.15) is 0 Å². The highest BCUT2D eigenvalue weighted by Gasteiger charge is 2.36. The number of nitrogens with one attached hydrogen (secondary N) is 1. The van der Waals surface area contributed by atoms with E-state index in [2.05, 4.69) is 59.1 Å². The van der Waals surface area contributed by atoms with E-state index in [1.807, 2.05) is 0 Å². The lowest BCUT2D eigenvalue weighted by Crippen LogP contribution is -2.42. The van der Waals surface area contributed by atoms with Gasteiger partial charge in [0.15, 0.2) is 8.32 Å². The largest absolute Gasteiger partial charge is 0.417 e. The van der Waals surface area contributed by atoms with Crippen LogP contribution in [0.5, 0.6) is 0 Å². The highest BCUT2D eigenvalue weighted by Crippen LogP contribution is 2.36. The van der Waals surface area contributed by atoms with Crippen LogP contribution in [0.2, 0.25) is 18.1 Å². The van der Waals surface area contributed by atoms with Crippen molar-refractivity contribution in [3.8, 4) is 0 Å². The summed E-state index contributed by atoms with van der Waals surface area (Å²) in [5.41, 5.74) is 1.44. The van der Waals surface area contributed by atoms with Crippen molar-refractivity contribution in [3.05, 3.63) is 11.6 Å². The van der Waals surface area contributed by atoms with Crippen LogP contribution in [-0.4, -0.2) is 27.5 Å². The summed E-state index contributed by atoms with van der Waals surface area (Å²) in [6, 6.07) is 0.660. The molecule has 0 amide bonds. The minimum absolute atomic E-state index is 0.314. The van der Waals surface area contributed by atoms with Crippen LogP contribution in [0.25, 0.3) is 0 Å². The van der Waals surface area contributed by atoms with Crippen molar-refractivity contribution in [1.29, 1.82) is 0 Å². The van der Waals surface area contributed by atoms with Gasteiger partial charge in [-0.3, -0.25) is 0 Å². The topological polar surface area (TPSA) is 21.3 Å². The predicted octanol–water partition coefficient (Wildman–Crippen LogP) is 6.29. The third kappa shape index (κ3) is 7.84. The van der Waals surface area contributed by atoms with E-state index in [0.29, 0.717) is 11.1 Å². The molecule has 2 nitrogen and oxygen atoms in total. The summed E-state index contributed by atoms with van der Waals surface area (Å²) >= 11 is 0. The lowest BCUT2D eigenvalue weighted by atomic mass is 9.82. The van der Waals surface area contributed by atoms with E-state index in [1.54, 1.807) is 0 Å². The molecule has 1 atom stereocenters. The Morgan fingerprint density at radius 3 is 2.33 bits per heavy atom. The zero-order valence-electron chi connectivity index (χ0n) is 17.5. The SMILES string of the molecule is CC(C)=CCC(NCCCO[Si](C)(C)C(C)(C)C)C1CCCCC1. The Morgan fingerprint density at radius 1 is 1.17 bits per heavy atom. The molecule has 142 valence electrons. The van der Waals surface area contributed by atoms with E-state index in [-0.39, 0.29) is 0 Å². The molecule has 24 heavy (non-hydrogen) atoms. The molecule has 1 unspecified atom stereocenters. The van der Waals surface area contributed by atoms with Crippen molar-refractivity contribution >= 4 is 8.32 Å². The first kappa shape index (κ1) is 21.9. The van der Waals surface area contributed by atoms with Crippen LogP contribution in [-0.2, 0) is 4.43 Å². The average Bonchev–Trinajstić information content (AvgIpc) is 2.49. The lowest BCUT2D eigenvalue weighted by molar-refractivity contribution is 0.250. The summed E-state index contributed by atoms with van der Waals surface area (Å²) < 4.78 is 6.31. The molecule has 0 radical (unpaired) electrons. The summed E-state index contributed by atoms with van der Waals surface area (Å²) in [7, 11) is -1.58. The quantitative estimate of drug-likeness (QED) is 0.298. The first-order valence-corrected chi connectivity index (χ1v) is 13.0. The van der Waals surface area contributed by atoms with Crippen molar-refractivity contribution in [2.45, 2.75) is 104 Å². The molecule has 1 aliphatic rings. The van der Waals surface area contributed by atoms with Gasteiger partial charge in [0.05, 0.1) is 0 Å². The van der Waals surface area contributed by atoms with Gasteiger partial charge in [-0.1, -0.05) is 51.7 Å². The van der Waals surface area contributed by atoms with Crippen molar-refractivity contribution in [2.24, 2.45) is 5.92 Å². The van der Waals surface area contributed by atoms with Crippen LogP contribution in [0.15, 0.2) is 11.6 Å². The zero-order chi connectivity index (χ0) is 18.2. The normalized spacial score (nSPS) is 18.5. The van der Waals surface area contributed by atoms with Crippen LogP contribution in [0.4, 0.5) is 0 Å². The Labute approximate surface area is 153 Å². The van der Waals surface area contributed by atoms with Crippen molar-refractivity contribution in [1.82, 2.24) is 5.32 Å². The van der Waals surface area contributed by atoms with E-state index in [1.165, 1.54) is 44.1 Å². The first-order chi connectivity index (χ1) is 11.1. The fourth-order valence-electron chi connectivity index (χ4n) is 3.25. The van der Waals surface area contributed by atoms with Gasteiger partial charge in [-0.05, 0) is 70.1 Å². The van der Waals surface area contributed by atoms with Crippen LogP contribution in [0.1, 0.15) is 79.6 Å². The Kier molecular flexibility index (Phi) is 9.25. The minimum Gasteiger partial charge on any atom is -0.417 e. The molecule has 0 spiro atoms. The summed E-state index contributed by atoms with van der Waals surface area (Å²) in [4.78, 5) is 0. The third-order valence-corrected chi connectivity index (χ3v) is 10.5. The van der Waals surface area contributed by atoms with E-state index < -0.39 is 8.32 Å². The second-order valence-electron chi connectivity index (χ2n) is 9.44. The number of rotatable bonds is 9. The van der Waals surface area contributed by atoms with Gasteiger partial charge in [0, 0.05) is 12.6 Å². The van der Waals surface area contributed by atoms with Gasteiger partial charge in [0.25, 0.3) is 0 Å². The van der Waals surface area contributed by atoms with Crippen molar-refractivity contribution < 1.29 is 4.43 Å². The molecule has 1 N–H and O–H groups in total. The molecule has 1 fully saturated rings. The average molecular weight is 354 g/mol. The molecular weight excluding hydrogens is 310 g/mol. The highest BCUT2D eigenvalue weighted by molar-refractivity contribution is 6.74. The van der Waals surface area contributed by atoms with Crippen molar-refractivity contribution in [2.75, 3.05) is 13.2 Å². The maximum Gasteiger partial charge on any atom is 0.191 e. The second-order valence-corrected chi connectivity index (χ2v) is 14.2. The molecule has 0 saturated heterocycles. The molecule has 1 aliphatic carbocycles. The Balaban J connectivity index is 2.37. The van der Waals surface area contributed by atoms with Gasteiger partial charge in [0.2, 0.25) is 0 Å². The number of hydrogen-bond acceptors (Lipinski definition) is 2. The summed E-state index contributed by atoms with van der Waals surface area (Å²) in [5.74, 6) is 0.871. The van der Waals surface area contributed by atoms with Crippen LogP contribution in [0.3, 0.4) is 0 Å². The molecule has 1 saturated carbocycles. The van der Waals surface area contributed by atoms with Crippen LogP contribution < -0.4 is 5.32 Å². The molecular formula is C21H43NOSi. The molecule has 0 aromatic rings. The maximum absolute atomic E-state index is 6.31.